The number of halogens is 1. The smallest absolute Gasteiger partial charge is 0.307 e. The highest BCUT2D eigenvalue weighted by atomic mass is 19.1. The molecule has 2 aromatic rings. The number of hydrogen-bond acceptors (Lipinski definition) is 3. The van der Waals surface area contributed by atoms with Crippen LogP contribution in [0.1, 0.15) is 18.2 Å². The first-order valence-corrected chi connectivity index (χ1v) is 4.94. The van der Waals surface area contributed by atoms with E-state index in [0.29, 0.717) is 23.4 Å². The summed E-state index contributed by atoms with van der Waals surface area (Å²) in [7, 11) is 0. The number of oxazole rings is 1. The summed E-state index contributed by atoms with van der Waals surface area (Å²) >= 11 is 0. The molecule has 4 nitrogen and oxygen atoms in total. The second kappa shape index (κ2) is 3.04. The number of carboxylic acids is 1. The summed E-state index contributed by atoms with van der Waals surface area (Å²) in [6.07, 6.45) is 0.546. The minimum absolute atomic E-state index is 0.159. The van der Waals surface area contributed by atoms with Crippen LogP contribution in [-0.4, -0.2) is 16.1 Å². The van der Waals surface area contributed by atoms with Crippen LogP contribution < -0.4 is 0 Å². The van der Waals surface area contributed by atoms with Crippen LogP contribution in [0.3, 0.4) is 0 Å². The minimum atomic E-state index is -0.835. The molecule has 0 unspecified atom stereocenters. The van der Waals surface area contributed by atoms with Crippen LogP contribution >= 0.6 is 0 Å². The lowest BCUT2D eigenvalue weighted by atomic mass is 10.3. The first kappa shape index (κ1) is 9.33. The average molecular weight is 221 g/mol. The Morgan fingerprint density at radius 1 is 1.56 bits per heavy atom. The lowest BCUT2D eigenvalue weighted by Crippen LogP contribution is -1.98. The number of aromatic nitrogens is 1. The average Bonchev–Trinajstić information content (AvgIpc) is 2.93. The van der Waals surface area contributed by atoms with E-state index in [2.05, 4.69) is 4.98 Å². The minimum Gasteiger partial charge on any atom is -0.481 e. The number of aliphatic carboxylic acids is 1. The predicted molar refractivity (Wildman–Crippen MR) is 52.5 cm³/mol. The van der Waals surface area contributed by atoms with Crippen molar-refractivity contribution in [2.24, 2.45) is 5.92 Å². The molecule has 3 rings (SSSR count). The maximum Gasteiger partial charge on any atom is 0.307 e. The first-order valence-electron chi connectivity index (χ1n) is 4.94. The zero-order valence-electron chi connectivity index (χ0n) is 8.18. The molecule has 1 aliphatic carbocycles. The third-order valence-corrected chi connectivity index (χ3v) is 2.79. The second-order valence-corrected chi connectivity index (χ2v) is 3.95. The monoisotopic (exact) mass is 221 g/mol. The van der Waals surface area contributed by atoms with E-state index in [9.17, 15) is 9.18 Å². The van der Waals surface area contributed by atoms with E-state index in [1.165, 1.54) is 18.2 Å². The number of nitrogens with zero attached hydrogens (tertiary/aromatic N) is 1. The molecule has 5 heteroatoms. The number of rotatable bonds is 2. The molecule has 1 aliphatic rings. The molecular formula is C11H8FNO3. The van der Waals surface area contributed by atoms with Crippen LogP contribution in [0.2, 0.25) is 0 Å². The summed E-state index contributed by atoms with van der Waals surface area (Å²) in [6.45, 7) is 0. The Kier molecular flexibility index (Phi) is 1.77. The van der Waals surface area contributed by atoms with E-state index in [-0.39, 0.29) is 11.7 Å². The standard InChI is InChI=1S/C11H8FNO3/c12-5-1-2-9-8(3-5)13-10(16-9)6-4-7(6)11(14)15/h1-3,6-7H,4H2,(H,14,15)/t6-,7-/m0/s1. The summed E-state index contributed by atoms with van der Waals surface area (Å²) in [5.74, 6) is -1.38. The maximum absolute atomic E-state index is 12.9. The summed E-state index contributed by atoms with van der Waals surface area (Å²) in [4.78, 5) is 14.8. The molecule has 1 aromatic heterocycles. The van der Waals surface area contributed by atoms with Gasteiger partial charge in [0.25, 0.3) is 0 Å². The van der Waals surface area contributed by atoms with Crippen LogP contribution in [0.5, 0.6) is 0 Å². The third kappa shape index (κ3) is 1.36. The molecule has 82 valence electrons. The van der Waals surface area contributed by atoms with Crippen molar-refractivity contribution >= 4 is 17.1 Å². The van der Waals surface area contributed by atoms with Crippen molar-refractivity contribution in [2.45, 2.75) is 12.3 Å². The largest absolute Gasteiger partial charge is 0.481 e. The number of carbonyl (C=O) groups is 1. The Morgan fingerprint density at radius 2 is 2.38 bits per heavy atom. The van der Waals surface area contributed by atoms with Crippen LogP contribution in [0.25, 0.3) is 11.1 Å². The molecular weight excluding hydrogens is 213 g/mol. The number of fused-ring (bicyclic) bond motifs is 1. The van der Waals surface area contributed by atoms with Gasteiger partial charge in [0, 0.05) is 12.0 Å². The molecule has 1 heterocycles. The lowest BCUT2D eigenvalue weighted by Gasteiger charge is -1.87. The highest BCUT2D eigenvalue weighted by molar-refractivity contribution is 5.76. The van der Waals surface area contributed by atoms with Crippen molar-refractivity contribution in [1.29, 1.82) is 0 Å². The van der Waals surface area contributed by atoms with Crippen molar-refractivity contribution in [3.63, 3.8) is 0 Å². The highest BCUT2D eigenvalue weighted by Crippen LogP contribution is 2.47. The molecule has 0 bridgehead atoms. The lowest BCUT2D eigenvalue weighted by molar-refractivity contribution is -0.138. The van der Waals surface area contributed by atoms with Crippen molar-refractivity contribution in [3.05, 3.63) is 29.9 Å². The molecule has 1 fully saturated rings. The van der Waals surface area contributed by atoms with E-state index in [1.54, 1.807) is 0 Å². The van der Waals surface area contributed by atoms with Gasteiger partial charge in [0.2, 0.25) is 0 Å². The molecule has 1 N–H and O–H groups in total. The Labute approximate surface area is 89.7 Å². The molecule has 0 radical (unpaired) electrons. The van der Waals surface area contributed by atoms with Gasteiger partial charge in [-0.1, -0.05) is 0 Å². The first-order chi connectivity index (χ1) is 7.65. The quantitative estimate of drug-likeness (QED) is 0.843. The number of carboxylic acid groups (broad SMARTS) is 1. The predicted octanol–water partition coefficient (Wildman–Crippen LogP) is 2.16. The third-order valence-electron chi connectivity index (χ3n) is 2.79. The molecule has 0 saturated heterocycles. The van der Waals surface area contributed by atoms with Gasteiger partial charge < -0.3 is 9.52 Å². The van der Waals surface area contributed by atoms with Crippen molar-refractivity contribution < 1.29 is 18.7 Å². The summed E-state index contributed by atoms with van der Waals surface area (Å²) in [6, 6.07) is 4.07. The van der Waals surface area contributed by atoms with E-state index in [0.717, 1.165) is 0 Å². The van der Waals surface area contributed by atoms with E-state index in [4.69, 9.17) is 9.52 Å². The fraction of sp³-hybridized carbons (Fsp3) is 0.273. The van der Waals surface area contributed by atoms with E-state index in [1.807, 2.05) is 0 Å². The van der Waals surface area contributed by atoms with Gasteiger partial charge in [0.15, 0.2) is 11.5 Å². The SMILES string of the molecule is O=C(O)[C@H]1C[C@@H]1c1nc2cc(F)ccc2o1. The Bertz CT molecular complexity index is 578. The van der Waals surface area contributed by atoms with Gasteiger partial charge >= 0.3 is 5.97 Å². The van der Waals surface area contributed by atoms with Crippen LogP contribution in [0.15, 0.2) is 22.6 Å². The van der Waals surface area contributed by atoms with Crippen molar-refractivity contribution in [1.82, 2.24) is 4.98 Å². The van der Waals surface area contributed by atoms with E-state index >= 15 is 0 Å². The zero-order chi connectivity index (χ0) is 11.3. The zero-order valence-corrected chi connectivity index (χ0v) is 8.18. The fourth-order valence-electron chi connectivity index (χ4n) is 1.82. The highest BCUT2D eigenvalue weighted by Gasteiger charge is 2.47. The number of benzene rings is 1. The molecule has 0 spiro atoms. The molecule has 2 atom stereocenters. The molecule has 1 aromatic carbocycles. The van der Waals surface area contributed by atoms with Gasteiger partial charge in [-0.05, 0) is 18.6 Å². The fourth-order valence-corrected chi connectivity index (χ4v) is 1.82. The van der Waals surface area contributed by atoms with Gasteiger partial charge in [-0.3, -0.25) is 4.79 Å². The topological polar surface area (TPSA) is 63.3 Å². The molecule has 0 amide bonds. The summed E-state index contributed by atoms with van der Waals surface area (Å²) in [5.41, 5.74) is 0.929. The summed E-state index contributed by atoms with van der Waals surface area (Å²) in [5, 5.41) is 8.77. The van der Waals surface area contributed by atoms with Crippen molar-refractivity contribution in [2.75, 3.05) is 0 Å². The Balaban J connectivity index is 1.98. The second-order valence-electron chi connectivity index (χ2n) is 3.95. The Hall–Kier alpha value is -1.91. The van der Waals surface area contributed by atoms with Crippen LogP contribution in [-0.2, 0) is 4.79 Å². The van der Waals surface area contributed by atoms with Gasteiger partial charge in [-0.15, -0.1) is 0 Å². The van der Waals surface area contributed by atoms with Gasteiger partial charge in [0.05, 0.1) is 5.92 Å². The molecule has 16 heavy (non-hydrogen) atoms. The van der Waals surface area contributed by atoms with Gasteiger partial charge in [-0.2, -0.15) is 0 Å². The van der Waals surface area contributed by atoms with Crippen LogP contribution in [0.4, 0.5) is 4.39 Å². The Morgan fingerprint density at radius 3 is 3.06 bits per heavy atom. The molecule has 1 saturated carbocycles. The normalized spacial score (nSPS) is 23.6. The molecule has 0 aliphatic heterocycles. The van der Waals surface area contributed by atoms with Gasteiger partial charge in [0.1, 0.15) is 11.3 Å². The van der Waals surface area contributed by atoms with E-state index < -0.39 is 11.9 Å². The maximum atomic E-state index is 12.9. The van der Waals surface area contributed by atoms with Gasteiger partial charge in [-0.25, -0.2) is 9.37 Å². The van der Waals surface area contributed by atoms with Crippen LogP contribution in [0, 0.1) is 11.7 Å². The summed E-state index contributed by atoms with van der Waals surface area (Å²) < 4.78 is 18.3. The van der Waals surface area contributed by atoms with Crippen molar-refractivity contribution in [3.8, 4) is 0 Å². The number of hydrogen-bond donors (Lipinski definition) is 1.